The van der Waals surface area contributed by atoms with Crippen LogP contribution in [0.4, 0.5) is 0 Å². The van der Waals surface area contributed by atoms with Crippen molar-refractivity contribution in [2.24, 2.45) is 0 Å². The Labute approximate surface area is 110 Å². The van der Waals surface area contributed by atoms with E-state index in [1.807, 2.05) is 6.07 Å². The minimum Gasteiger partial charge on any atom is -0.496 e. The molecule has 1 aromatic carbocycles. The Kier molecular flexibility index (Phi) is 4.82. The lowest BCUT2D eigenvalue weighted by molar-refractivity contribution is 0.413. The van der Waals surface area contributed by atoms with Crippen LogP contribution in [0.3, 0.4) is 0 Å². The summed E-state index contributed by atoms with van der Waals surface area (Å²) in [6.45, 7) is 3.25. The maximum atomic E-state index is 5.39. The molecule has 1 aliphatic rings. The molecule has 1 heterocycles. The predicted octanol–water partition coefficient (Wildman–Crippen LogP) is 3.55. The number of nitrogens with one attached hydrogen (secondary N) is 1. The number of ether oxygens (including phenoxy) is 1. The molecule has 0 saturated carbocycles. The van der Waals surface area contributed by atoms with E-state index in [1.165, 1.54) is 36.8 Å². The highest BCUT2D eigenvalue weighted by Crippen LogP contribution is 2.21. The lowest BCUT2D eigenvalue weighted by Gasteiger charge is -2.11. The Morgan fingerprint density at radius 3 is 3.00 bits per heavy atom. The van der Waals surface area contributed by atoms with Crippen LogP contribution < -0.4 is 10.1 Å². The summed E-state index contributed by atoms with van der Waals surface area (Å²) < 4.78 is 5.39. The molecule has 1 aliphatic heterocycles. The fourth-order valence-corrected chi connectivity index (χ4v) is 2.42. The van der Waals surface area contributed by atoms with Crippen LogP contribution in [-0.4, -0.2) is 19.7 Å². The molecule has 0 radical (unpaired) electrons. The van der Waals surface area contributed by atoms with E-state index in [4.69, 9.17) is 4.74 Å². The van der Waals surface area contributed by atoms with Gasteiger partial charge in [-0.25, -0.2) is 0 Å². The fourth-order valence-electron chi connectivity index (χ4n) is 2.42. The number of rotatable bonds is 3. The van der Waals surface area contributed by atoms with Crippen molar-refractivity contribution in [3.63, 3.8) is 0 Å². The zero-order chi connectivity index (χ0) is 12.8. The van der Waals surface area contributed by atoms with E-state index in [9.17, 15) is 0 Å². The van der Waals surface area contributed by atoms with Gasteiger partial charge in [-0.1, -0.05) is 36.6 Å². The van der Waals surface area contributed by atoms with Crippen LogP contribution >= 0.6 is 0 Å². The highest BCUT2D eigenvalue weighted by Gasteiger charge is 2.08. The number of methoxy groups -OCH3 is 1. The van der Waals surface area contributed by atoms with Crippen LogP contribution in [0.5, 0.6) is 5.75 Å². The first-order chi connectivity index (χ1) is 8.79. The summed E-state index contributed by atoms with van der Waals surface area (Å²) in [5.74, 6) is 0.950. The standard InChI is InChI=1S/C16H23NO/c1-13-7-10-16(18-2)14(12-13)8-9-15-6-4-3-5-11-17-15/h7-10,12,15,17H,3-6,11H2,1-2H3/b9-8+. The SMILES string of the molecule is COc1ccc(C)cc1/C=C/C1CCCCCN1. The van der Waals surface area contributed by atoms with E-state index in [2.05, 4.69) is 36.5 Å². The van der Waals surface area contributed by atoms with Crippen molar-refractivity contribution in [2.45, 2.75) is 38.6 Å². The van der Waals surface area contributed by atoms with Crippen molar-refractivity contribution in [1.29, 1.82) is 0 Å². The van der Waals surface area contributed by atoms with Gasteiger partial charge in [-0.3, -0.25) is 0 Å². The van der Waals surface area contributed by atoms with Gasteiger partial charge in [0.05, 0.1) is 7.11 Å². The first kappa shape index (κ1) is 13.2. The molecule has 0 spiro atoms. The van der Waals surface area contributed by atoms with Crippen LogP contribution in [-0.2, 0) is 0 Å². The van der Waals surface area contributed by atoms with Crippen molar-refractivity contribution in [2.75, 3.05) is 13.7 Å². The smallest absolute Gasteiger partial charge is 0.126 e. The maximum absolute atomic E-state index is 5.39. The minimum atomic E-state index is 0.512. The summed E-state index contributed by atoms with van der Waals surface area (Å²) in [6.07, 6.45) is 9.69. The summed E-state index contributed by atoms with van der Waals surface area (Å²) >= 11 is 0. The van der Waals surface area contributed by atoms with Crippen molar-refractivity contribution in [3.8, 4) is 5.75 Å². The van der Waals surface area contributed by atoms with Gasteiger partial charge in [0.15, 0.2) is 0 Å². The summed E-state index contributed by atoms with van der Waals surface area (Å²) in [5.41, 5.74) is 2.44. The van der Waals surface area contributed by atoms with E-state index in [0.29, 0.717) is 6.04 Å². The van der Waals surface area contributed by atoms with Crippen molar-refractivity contribution in [3.05, 3.63) is 35.4 Å². The molecule has 1 fully saturated rings. The molecule has 1 saturated heterocycles. The topological polar surface area (TPSA) is 21.3 Å². The normalized spacial score (nSPS) is 20.9. The molecular weight excluding hydrogens is 222 g/mol. The van der Waals surface area contributed by atoms with E-state index in [1.54, 1.807) is 7.11 Å². The lowest BCUT2D eigenvalue weighted by Crippen LogP contribution is -2.25. The second-order valence-electron chi connectivity index (χ2n) is 5.01. The van der Waals surface area contributed by atoms with Crippen LogP contribution in [0.2, 0.25) is 0 Å². The van der Waals surface area contributed by atoms with Crippen molar-refractivity contribution in [1.82, 2.24) is 5.32 Å². The molecule has 1 unspecified atom stereocenters. The number of hydrogen-bond acceptors (Lipinski definition) is 2. The van der Waals surface area contributed by atoms with Gasteiger partial charge in [0, 0.05) is 11.6 Å². The third kappa shape index (κ3) is 3.61. The summed E-state index contributed by atoms with van der Waals surface area (Å²) in [4.78, 5) is 0. The molecule has 98 valence electrons. The first-order valence-electron chi connectivity index (χ1n) is 6.86. The molecule has 2 nitrogen and oxygen atoms in total. The monoisotopic (exact) mass is 245 g/mol. The van der Waals surface area contributed by atoms with E-state index in [-0.39, 0.29) is 0 Å². The second kappa shape index (κ2) is 6.60. The van der Waals surface area contributed by atoms with Gasteiger partial charge in [-0.05, 0) is 38.4 Å². The fraction of sp³-hybridized carbons (Fsp3) is 0.500. The molecular formula is C16H23NO. The molecule has 0 aliphatic carbocycles. The second-order valence-corrected chi connectivity index (χ2v) is 5.01. The van der Waals surface area contributed by atoms with Crippen LogP contribution in [0.25, 0.3) is 6.08 Å². The average Bonchev–Trinajstić information content (AvgIpc) is 2.65. The molecule has 2 rings (SSSR count). The van der Waals surface area contributed by atoms with Crippen molar-refractivity contribution >= 4 is 6.08 Å². The third-order valence-electron chi connectivity index (χ3n) is 3.49. The van der Waals surface area contributed by atoms with E-state index in [0.717, 1.165) is 12.3 Å². The van der Waals surface area contributed by atoms with Gasteiger partial charge in [0.2, 0.25) is 0 Å². The molecule has 0 aromatic heterocycles. The summed E-state index contributed by atoms with van der Waals surface area (Å²) in [7, 11) is 1.73. The van der Waals surface area contributed by atoms with Crippen LogP contribution in [0.1, 0.15) is 36.8 Å². The molecule has 0 bridgehead atoms. The Bertz CT molecular complexity index is 404. The van der Waals surface area contributed by atoms with Gasteiger partial charge in [0.1, 0.15) is 5.75 Å². The Morgan fingerprint density at radius 2 is 2.17 bits per heavy atom. The first-order valence-corrected chi connectivity index (χ1v) is 6.86. The van der Waals surface area contributed by atoms with Gasteiger partial charge in [-0.15, -0.1) is 0 Å². The van der Waals surface area contributed by atoms with Gasteiger partial charge >= 0.3 is 0 Å². The van der Waals surface area contributed by atoms with Crippen LogP contribution in [0.15, 0.2) is 24.3 Å². The number of aryl methyl sites for hydroxylation is 1. The Balaban J connectivity index is 2.09. The predicted molar refractivity (Wildman–Crippen MR) is 77.0 cm³/mol. The van der Waals surface area contributed by atoms with Crippen molar-refractivity contribution < 1.29 is 4.74 Å². The van der Waals surface area contributed by atoms with Crippen LogP contribution in [0, 0.1) is 6.92 Å². The molecule has 1 atom stereocenters. The Morgan fingerprint density at radius 1 is 1.28 bits per heavy atom. The molecule has 18 heavy (non-hydrogen) atoms. The largest absolute Gasteiger partial charge is 0.496 e. The van der Waals surface area contributed by atoms with Gasteiger partial charge < -0.3 is 10.1 Å². The highest BCUT2D eigenvalue weighted by molar-refractivity contribution is 5.58. The van der Waals surface area contributed by atoms with E-state index < -0.39 is 0 Å². The minimum absolute atomic E-state index is 0.512. The quantitative estimate of drug-likeness (QED) is 0.879. The average molecular weight is 245 g/mol. The van der Waals surface area contributed by atoms with Gasteiger partial charge in [-0.2, -0.15) is 0 Å². The van der Waals surface area contributed by atoms with E-state index >= 15 is 0 Å². The van der Waals surface area contributed by atoms with Gasteiger partial charge in [0.25, 0.3) is 0 Å². The highest BCUT2D eigenvalue weighted by atomic mass is 16.5. The number of hydrogen-bond donors (Lipinski definition) is 1. The third-order valence-corrected chi connectivity index (χ3v) is 3.49. The zero-order valence-corrected chi connectivity index (χ0v) is 11.4. The zero-order valence-electron chi connectivity index (χ0n) is 11.4. The summed E-state index contributed by atoms with van der Waals surface area (Å²) in [5, 5.41) is 3.58. The molecule has 1 aromatic rings. The molecule has 2 heteroatoms. The lowest BCUT2D eigenvalue weighted by atomic mass is 10.1. The Hall–Kier alpha value is -1.28. The molecule has 0 amide bonds. The number of benzene rings is 1. The molecule has 1 N–H and O–H groups in total. The summed E-state index contributed by atoms with van der Waals surface area (Å²) in [6, 6.07) is 6.81. The maximum Gasteiger partial charge on any atom is 0.126 e.